The summed E-state index contributed by atoms with van der Waals surface area (Å²) in [7, 11) is 0. The smallest absolute Gasteiger partial charge is 0.357 e. The molecule has 6 heteroatoms. The molecule has 0 unspecified atom stereocenters. The first-order chi connectivity index (χ1) is 6.93. The molecule has 1 aromatic rings. The van der Waals surface area contributed by atoms with E-state index in [0.717, 1.165) is 0 Å². The number of hydrogen-bond donors (Lipinski definition) is 2. The van der Waals surface area contributed by atoms with Crippen LogP contribution in [0.4, 0.5) is 0 Å². The van der Waals surface area contributed by atoms with Crippen molar-refractivity contribution in [1.82, 2.24) is 9.55 Å². The summed E-state index contributed by atoms with van der Waals surface area (Å²) < 4.78 is 1.34. The topological polar surface area (TPSA) is 92.4 Å². The minimum absolute atomic E-state index is 0.221. The Labute approximate surface area is 86.2 Å². The molecule has 0 saturated carbocycles. The van der Waals surface area contributed by atoms with Crippen LogP contribution in [0.25, 0.3) is 0 Å². The number of aromatic carboxylic acids is 2. The molecule has 2 N–H and O–H groups in total. The Morgan fingerprint density at radius 1 is 1.40 bits per heavy atom. The standard InChI is InChI=1S/C9H12N2O4/c1-5(2)3-11-4-10-6(8(12)13)7(11)9(14)15/h4-5H,3H2,1-2H3,(H,12,13)(H,14,15). The molecule has 0 atom stereocenters. The Morgan fingerprint density at radius 2 is 2.00 bits per heavy atom. The molecule has 0 aliphatic heterocycles. The summed E-state index contributed by atoms with van der Waals surface area (Å²) in [6.45, 7) is 4.25. The summed E-state index contributed by atoms with van der Waals surface area (Å²) >= 11 is 0. The number of nitrogens with zero attached hydrogens (tertiary/aromatic N) is 2. The van der Waals surface area contributed by atoms with E-state index >= 15 is 0 Å². The SMILES string of the molecule is CC(C)Cn1cnc(C(=O)O)c1C(=O)O. The minimum Gasteiger partial charge on any atom is -0.476 e. The van der Waals surface area contributed by atoms with E-state index in [1.807, 2.05) is 13.8 Å². The van der Waals surface area contributed by atoms with Crippen LogP contribution in [-0.4, -0.2) is 31.7 Å². The van der Waals surface area contributed by atoms with E-state index in [0.29, 0.717) is 6.54 Å². The molecular weight excluding hydrogens is 200 g/mol. The maximum absolute atomic E-state index is 10.9. The summed E-state index contributed by atoms with van der Waals surface area (Å²) in [6.07, 6.45) is 1.24. The maximum atomic E-state index is 10.9. The zero-order chi connectivity index (χ0) is 11.6. The van der Waals surface area contributed by atoms with Crippen molar-refractivity contribution < 1.29 is 19.8 Å². The highest BCUT2D eigenvalue weighted by atomic mass is 16.4. The van der Waals surface area contributed by atoms with Crippen LogP contribution < -0.4 is 0 Å². The van der Waals surface area contributed by atoms with Gasteiger partial charge in [0, 0.05) is 6.54 Å². The number of carboxylic acid groups (broad SMARTS) is 2. The summed E-state index contributed by atoms with van der Waals surface area (Å²) in [5.74, 6) is -2.38. The second kappa shape index (κ2) is 4.12. The lowest BCUT2D eigenvalue weighted by atomic mass is 10.2. The molecule has 0 fully saturated rings. The number of imidazole rings is 1. The molecule has 0 saturated heterocycles. The largest absolute Gasteiger partial charge is 0.476 e. The van der Waals surface area contributed by atoms with Crippen molar-refractivity contribution in [2.24, 2.45) is 5.92 Å². The number of rotatable bonds is 4. The van der Waals surface area contributed by atoms with E-state index in [4.69, 9.17) is 10.2 Å². The molecule has 0 bridgehead atoms. The first-order valence-electron chi connectivity index (χ1n) is 4.45. The first kappa shape index (κ1) is 11.2. The average Bonchev–Trinajstić information content (AvgIpc) is 2.46. The van der Waals surface area contributed by atoms with Crippen molar-refractivity contribution >= 4 is 11.9 Å². The maximum Gasteiger partial charge on any atom is 0.357 e. The lowest BCUT2D eigenvalue weighted by molar-refractivity contribution is 0.0639. The molecule has 0 radical (unpaired) electrons. The summed E-state index contributed by atoms with van der Waals surface area (Å²) in [4.78, 5) is 25.1. The predicted octanol–water partition coefficient (Wildman–Crippen LogP) is 0.935. The van der Waals surface area contributed by atoms with E-state index < -0.39 is 17.6 Å². The molecule has 82 valence electrons. The van der Waals surface area contributed by atoms with Crippen molar-refractivity contribution in [3.05, 3.63) is 17.7 Å². The van der Waals surface area contributed by atoms with Crippen LogP contribution in [-0.2, 0) is 6.54 Å². The number of aromatic nitrogens is 2. The molecule has 1 rings (SSSR count). The van der Waals surface area contributed by atoms with Gasteiger partial charge in [0.1, 0.15) is 0 Å². The minimum atomic E-state index is -1.32. The van der Waals surface area contributed by atoms with Crippen LogP contribution in [0.5, 0.6) is 0 Å². The van der Waals surface area contributed by atoms with Gasteiger partial charge in [-0.2, -0.15) is 0 Å². The molecule has 1 aromatic heterocycles. The highest BCUT2D eigenvalue weighted by molar-refractivity contribution is 5.99. The zero-order valence-corrected chi connectivity index (χ0v) is 8.47. The molecule has 0 aliphatic carbocycles. The molecule has 0 spiro atoms. The Bertz CT molecular complexity index is 395. The van der Waals surface area contributed by atoms with Crippen LogP contribution in [0.2, 0.25) is 0 Å². The van der Waals surface area contributed by atoms with Gasteiger partial charge in [-0.1, -0.05) is 13.8 Å². The van der Waals surface area contributed by atoms with Crippen molar-refractivity contribution in [3.8, 4) is 0 Å². The highest BCUT2D eigenvalue weighted by Gasteiger charge is 2.22. The third-order valence-corrected chi connectivity index (χ3v) is 1.80. The van der Waals surface area contributed by atoms with Crippen molar-refractivity contribution in [2.75, 3.05) is 0 Å². The lowest BCUT2D eigenvalue weighted by Gasteiger charge is -2.07. The van der Waals surface area contributed by atoms with Gasteiger partial charge in [0.15, 0.2) is 11.4 Å². The zero-order valence-electron chi connectivity index (χ0n) is 8.47. The normalized spacial score (nSPS) is 10.6. The Balaban J connectivity index is 3.18. The van der Waals surface area contributed by atoms with Gasteiger partial charge >= 0.3 is 11.9 Å². The van der Waals surface area contributed by atoms with Gasteiger partial charge in [0.25, 0.3) is 0 Å². The first-order valence-corrected chi connectivity index (χ1v) is 4.45. The van der Waals surface area contributed by atoms with Gasteiger partial charge < -0.3 is 14.8 Å². The Hall–Kier alpha value is -1.85. The molecule has 6 nitrogen and oxygen atoms in total. The van der Waals surface area contributed by atoms with Crippen LogP contribution in [0.1, 0.15) is 34.8 Å². The van der Waals surface area contributed by atoms with E-state index in [9.17, 15) is 9.59 Å². The van der Waals surface area contributed by atoms with Gasteiger partial charge in [-0.05, 0) is 5.92 Å². The van der Waals surface area contributed by atoms with E-state index in [1.165, 1.54) is 10.9 Å². The van der Waals surface area contributed by atoms with Gasteiger partial charge in [0.05, 0.1) is 6.33 Å². The summed E-state index contributed by atoms with van der Waals surface area (Å²) in [5, 5.41) is 17.6. The van der Waals surface area contributed by atoms with Crippen LogP contribution in [0.3, 0.4) is 0 Å². The van der Waals surface area contributed by atoms with Crippen molar-refractivity contribution in [1.29, 1.82) is 0 Å². The molecule has 0 aliphatic rings. The second-order valence-corrected chi connectivity index (χ2v) is 3.60. The van der Waals surface area contributed by atoms with Gasteiger partial charge in [0.2, 0.25) is 0 Å². The molecule has 15 heavy (non-hydrogen) atoms. The third kappa shape index (κ3) is 2.34. The molecule has 0 amide bonds. The Morgan fingerprint density at radius 3 is 2.40 bits per heavy atom. The summed E-state index contributed by atoms with van der Waals surface area (Å²) in [5.41, 5.74) is -0.681. The molecular formula is C9H12N2O4. The van der Waals surface area contributed by atoms with Crippen LogP contribution >= 0.6 is 0 Å². The van der Waals surface area contributed by atoms with E-state index in [2.05, 4.69) is 4.98 Å². The van der Waals surface area contributed by atoms with Crippen LogP contribution in [0, 0.1) is 5.92 Å². The fourth-order valence-electron chi connectivity index (χ4n) is 1.29. The lowest BCUT2D eigenvalue weighted by Crippen LogP contribution is -2.15. The average molecular weight is 212 g/mol. The highest BCUT2D eigenvalue weighted by Crippen LogP contribution is 2.10. The predicted molar refractivity (Wildman–Crippen MR) is 51.0 cm³/mol. The van der Waals surface area contributed by atoms with Crippen molar-refractivity contribution in [3.63, 3.8) is 0 Å². The number of carbonyl (C=O) groups is 2. The monoisotopic (exact) mass is 212 g/mol. The van der Waals surface area contributed by atoms with Gasteiger partial charge in [-0.3, -0.25) is 0 Å². The van der Waals surface area contributed by atoms with E-state index in [1.54, 1.807) is 0 Å². The molecule has 0 aromatic carbocycles. The summed E-state index contributed by atoms with van der Waals surface area (Å²) in [6, 6.07) is 0. The van der Waals surface area contributed by atoms with Gasteiger partial charge in [-0.15, -0.1) is 0 Å². The second-order valence-electron chi connectivity index (χ2n) is 3.60. The number of carboxylic acids is 2. The fraction of sp³-hybridized carbons (Fsp3) is 0.444. The number of hydrogen-bond acceptors (Lipinski definition) is 3. The van der Waals surface area contributed by atoms with Crippen LogP contribution in [0.15, 0.2) is 6.33 Å². The van der Waals surface area contributed by atoms with Crippen molar-refractivity contribution in [2.45, 2.75) is 20.4 Å². The molecule has 1 heterocycles. The Kier molecular flexibility index (Phi) is 3.08. The third-order valence-electron chi connectivity index (χ3n) is 1.80. The van der Waals surface area contributed by atoms with Gasteiger partial charge in [-0.25, -0.2) is 14.6 Å². The van der Waals surface area contributed by atoms with E-state index in [-0.39, 0.29) is 11.6 Å². The quantitative estimate of drug-likeness (QED) is 0.774. The fourth-order valence-corrected chi connectivity index (χ4v) is 1.29.